The monoisotopic (exact) mass is 366 g/mol. The molecule has 6 heteroatoms. The standard InChI is InChI=1S/C20H22N4OS/c1-14-6-5-11-24(12-14)18(25)13-26-20-15(7-4-10-21-20)19-22-16-8-2-3-9-17(16)23-19/h2-4,7-10,14H,5-6,11-13H2,1H3,(H,22,23)/t14-/m0/s1. The molecule has 26 heavy (non-hydrogen) atoms. The van der Waals surface area contributed by atoms with Crippen LogP contribution in [0.4, 0.5) is 0 Å². The zero-order valence-electron chi connectivity index (χ0n) is 14.8. The van der Waals surface area contributed by atoms with Crippen molar-refractivity contribution in [1.82, 2.24) is 19.9 Å². The predicted molar refractivity (Wildman–Crippen MR) is 105 cm³/mol. The molecule has 0 bridgehead atoms. The Morgan fingerprint density at radius 3 is 3.04 bits per heavy atom. The van der Waals surface area contributed by atoms with Crippen molar-refractivity contribution >= 4 is 28.7 Å². The van der Waals surface area contributed by atoms with Crippen LogP contribution in [0.3, 0.4) is 0 Å². The predicted octanol–water partition coefficient (Wildman–Crippen LogP) is 3.98. The minimum Gasteiger partial charge on any atom is -0.342 e. The van der Waals surface area contributed by atoms with E-state index < -0.39 is 0 Å². The molecule has 1 N–H and O–H groups in total. The van der Waals surface area contributed by atoms with Gasteiger partial charge in [-0.05, 0) is 43.0 Å². The van der Waals surface area contributed by atoms with Crippen molar-refractivity contribution in [2.75, 3.05) is 18.8 Å². The van der Waals surface area contributed by atoms with Gasteiger partial charge in [-0.2, -0.15) is 0 Å². The first-order valence-electron chi connectivity index (χ1n) is 9.01. The van der Waals surface area contributed by atoms with Gasteiger partial charge in [0.05, 0.1) is 16.8 Å². The number of hydrogen-bond acceptors (Lipinski definition) is 4. The highest BCUT2D eigenvalue weighted by atomic mass is 32.2. The molecule has 0 unspecified atom stereocenters. The van der Waals surface area contributed by atoms with Gasteiger partial charge in [0.1, 0.15) is 10.9 Å². The summed E-state index contributed by atoms with van der Waals surface area (Å²) in [6, 6.07) is 11.9. The van der Waals surface area contributed by atoms with Crippen LogP contribution in [0.15, 0.2) is 47.6 Å². The molecule has 1 aliphatic rings. The number of carbonyl (C=O) groups is 1. The molecule has 1 saturated heterocycles. The maximum atomic E-state index is 12.6. The van der Waals surface area contributed by atoms with Crippen LogP contribution in [0.25, 0.3) is 22.4 Å². The number of piperidine rings is 1. The summed E-state index contributed by atoms with van der Waals surface area (Å²) < 4.78 is 0. The largest absolute Gasteiger partial charge is 0.342 e. The fourth-order valence-electron chi connectivity index (χ4n) is 3.40. The van der Waals surface area contributed by atoms with Gasteiger partial charge in [0.25, 0.3) is 0 Å². The summed E-state index contributed by atoms with van der Waals surface area (Å²) in [5, 5.41) is 0.838. The second kappa shape index (κ2) is 7.50. The molecule has 4 rings (SSSR count). The number of hydrogen-bond donors (Lipinski definition) is 1. The number of fused-ring (bicyclic) bond motifs is 1. The van der Waals surface area contributed by atoms with Crippen molar-refractivity contribution in [2.24, 2.45) is 5.92 Å². The summed E-state index contributed by atoms with van der Waals surface area (Å²) in [7, 11) is 0. The summed E-state index contributed by atoms with van der Waals surface area (Å²) >= 11 is 1.49. The second-order valence-electron chi connectivity index (χ2n) is 6.83. The fraction of sp³-hybridized carbons (Fsp3) is 0.350. The van der Waals surface area contributed by atoms with E-state index in [1.54, 1.807) is 6.20 Å². The van der Waals surface area contributed by atoms with Crippen LogP contribution in [0, 0.1) is 5.92 Å². The maximum absolute atomic E-state index is 12.6. The number of benzene rings is 1. The lowest BCUT2D eigenvalue weighted by atomic mass is 10.0. The van der Waals surface area contributed by atoms with E-state index >= 15 is 0 Å². The molecule has 1 aromatic carbocycles. The Hall–Kier alpha value is -2.34. The number of nitrogens with one attached hydrogen (secondary N) is 1. The summed E-state index contributed by atoms with van der Waals surface area (Å²) in [5.41, 5.74) is 2.87. The lowest BCUT2D eigenvalue weighted by Crippen LogP contribution is -2.40. The molecule has 2 aromatic heterocycles. The Kier molecular flexibility index (Phi) is 4.93. The third-order valence-electron chi connectivity index (χ3n) is 4.76. The first-order chi connectivity index (χ1) is 12.7. The highest BCUT2D eigenvalue weighted by molar-refractivity contribution is 8.00. The number of pyridine rings is 1. The molecule has 5 nitrogen and oxygen atoms in total. The lowest BCUT2D eigenvalue weighted by Gasteiger charge is -2.30. The molecule has 1 atom stereocenters. The van der Waals surface area contributed by atoms with E-state index in [2.05, 4.69) is 21.9 Å². The molecule has 0 spiro atoms. The number of thioether (sulfide) groups is 1. The Balaban J connectivity index is 1.51. The smallest absolute Gasteiger partial charge is 0.232 e. The highest BCUT2D eigenvalue weighted by Crippen LogP contribution is 2.29. The van der Waals surface area contributed by atoms with Crippen LogP contribution < -0.4 is 0 Å². The normalized spacial score (nSPS) is 17.6. The van der Waals surface area contributed by atoms with Gasteiger partial charge in [-0.15, -0.1) is 0 Å². The average Bonchev–Trinajstić information content (AvgIpc) is 3.10. The molecule has 3 heterocycles. The molecule has 1 aliphatic heterocycles. The number of aromatic amines is 1. The van der Waals surface area contributed by atoms with Crippen LogP contribution in [-0.4, -0.2) is 44.6 Å². The maximum Gasteiger partial charge on any atom is 0.232 e. The number of nitrogens with zero attached hydrogens (tertiary/aromatic N) is 3. The van der Waals surface area contributed by atoms with E-state index in [0.717, 1.165) is 47.0 Å². The molecular weight excluding hydrogens is 344 g/mol. The highest BCUT2D eigenvalue weighted by Gasteiger charge is 2.21. The van der Waals surface area contributed by atoms with Gasteiger partial charge < -0.3 is 9.88 Å². The van der Waals surface area contributed by atoms with Gasteiger partial charge in [-0.3, -0.25) is 4.79 Å². The van der Waals surface area contributed by atoms with Gasteiger partial charge in [-0.1, -0.05) is 30.8 Å². The Labute approximate surface area is 157 Å². The number of H-pyrrole nitrogens is 1. The van der Waals surface area contributed by atoms with Gasteiger partial charge in [-0.25, -0.2) is 9.97 Å². The second-order valence-corrected chi connectivity index (χ2v) is 7.80. The van der Waals surface area contributed by atoms with Crippen molar-refractivity contribution < 1.29 is 4.79 Å². The van der Waals surface area contributed by atoms with E-state index in [1.165, 1.54) is 18.2 Å². The Morgan fingerprint density at radius 1 is 1.31 bits per heavy atom. The van der Waals surface area contributed by atoms with Crippen molar-refractivity contribution in [2.45, 2.75) is 24.8 Å². The lowest BCUT2D eigenvalue weighted by molar-refractivity contribution is -0.130. The number of aromatic nitrogens is 3. The van der Waals surface area contributed by atoms with Gasteiger partial charge >= 0.3 is 0 Å². The topological polar surface area (TPSA) is 61.9 Å². The van der Waals surface area contributed by atoms with Crippen LogP contribution in [0.1, 0.15) is 19.8 Å². The van der Waals surface area contributed by atoms with Crippen LogP contribution in [-0.2, 0) is 4.79 Å². The first-order valence-corrected chi connectivity index (χ1v) is 10.00. The van der Waals surface area contributed by atoms with Crippen LogP contribution in [0.2, 0.25) is 0 Å². The van der Waals surface area contributed by atoms with Crippen LogP contribution >= 0.6 is 11.8 Å². The van der Waals surface area contributed by atoms with Crippen LogP contribution in [0.5, 0.6) is 0 Å². The summed E-state index contributed by atoms with van der Waals surface area (Å²) in [5.74, 6) is 2.00. The minimum absolute atomic E-state index is 0.197. The zero-order chi connectivity index (χ0) is 17.9. The number of rotatable bonds is 4. The van der Waals surface area contributed by atoms with Crippen molar-refractivity contribution in [3.05, 3.63) is 42.6 Å². The molecule has 0 radical (unpaired) electrons. The third-order valence-corrected chi connectivity index (χ3v) is 5.75. The summed E-state index contributed by atoms with van der Waals surface area (Å²) in [4.78, 5) is 27.1. The average molecular weight is 366 g/mol. The molecule has 0 saturated carbocycles. The number of para-hydroxylation sites is 2. The van der Waals surface area contributed by atoms with Gasteiger partial charge in [0.15, 0.2) is 0 Å². The molecule has 0 aliphatic carbocycles. The van der Waals surface area contributed by atoms with Crippen molar-refractivity contribution in [3.63, 3.8) is 0 Å². The molecule has 134 valence electrons. The summed E-state index contributed by atoms with van der Waals surface area (Å²) in [6.45, 7) is 3.96. The first kappa shape index (κ1) is 17.1. The number of amides is 1. The summed E-state index contributed by atoms with van der Waals surface area (Å²) in [6.07, 6.45) is 4.08. The van der Waals surface area contributed by atoms with E-state index in [1.807, 2.05) is 41.3 Å². The van der Waals surface area contributed by atoms with E-state index in [9.17, 15) is 4.79 Å². The van der Waals surface area contributed by atoms with Crippen molar-refractivity contribution in [3.8, 4) is 11.4 Å². The van der Waals surface area contributed by atoms with E-state index in [0.29, 0.717) is 11.7 Å². The quantitative estimate of drug-likeness (QED) is 0.710. The molecule has 3 aromatic rings. The molecular formula is C20H22N4OS. The molecule has 1 fully saturated rings. The van der Waals surface area contributed by atoms with E-state index in [4.69, 9.17) is 0 Å². The zero-order valence-corrected chi connectivity index (χ0v) is 15.6. The van der Waals surface area contributed by atoms with Gasteiger partial charge in [0.2, 0.25) is 5.91 Å². The third kappa shape index (κ3) is 3.60. The number of carbonyl (C=O) groups excluding carboxylic acids is 1. The molecule has 1 amide bonds. The fourth-order valence-corrected chi connectivity index (χ4v) is 4.30. The SMILES string of the molecule is C[C@H]1CCCN(C(=O)CSc2ncccc2-c2nc3ccccc3[nH]2)C1. The Morgan fingerprint density at radius 2 is 2.19 bits per heavy atom. The number of likely N-dealkylation sites (tertiary alicyclic amines) is 1. The van der Waals surface area contributed by atoms with Gasteiger partial charge in [0, 0.05) is 24.8 Å². The van der Waals surface area contributed by atoms with E-state index in [-0.39, 0.29) is 5.91 Å². The Bertz CT molecular complexity index is 890. The van der Waals surface area contributed by atoms with Crippen molar-refractivity contribution in [1.29, 1.82) is 0 Å². The minimum atomic E-state index is 0.197. The number of imidazole rings is 1.